The molecule has 1 aliphatic carbocycles. The molecule has 1 aliphatic rings. The van der Waals surface area contributed by atoms with Crippen molar-refractivity contribution < 1.29 is 14.4 Å². The van der Waals surface area contributed by atoms with E-state index in [0.29, 0.717) is 23.2 Å². The minimum absolute atomic E-state index is 0.130. The number of carbonyl (C=O) groups excluding carboxylic acids is 3. The molecule has 0 aliphatic heterocycles. The number of aryl methyl sites for hydroxylation is 2. The number of Topliss-reactive ketones (excluding diaryl/α,β-unsaturated/α-hetero) is 1. The summed E-state index contributed by atoms with van der Waals surface area (Å²) in [6.07, 6.45) is 1.64. The van der Waals surface area contributed by atoms with Crippen LogP contribution >= 0.6 is 0 Å². The molecular weight excluding hydrogens is 400 g/mol. The summed E-state index contributed by atoms with van der Waals surface area (Å²) < 4.78 is 0. The number of fused-ring (bicyclic) bond motifs is 1. The predicted octanol–water partition coefficient (Wildman–Crippen LogP) is 4.41. The highest BCUT2D eigenvalue weighted by Gasteiger charge is 2.29. The largest absolute Gasteiger partial charge is 0.370 e. The number of amides is 1. The van der Waals surface area contributed by atoms with Gasteiger partial charge in [0.1, 0.15) is 6.04 Å². The Balaban J connectivity index is 1.62. The van der Waals surface area contributed by atoms with Crippen molar-refractivity contribution in [3.63, 3.8) is 0 Å². The molecule has 3 aromatic carbocycles. The highest BCUT2D eigenvalue weighted by atomic mass is 16.2. The predicted molar refractivity (Wildman–Crippen MR) is 125 cm³/mol. The Morgan fingerprint density at radius 2 is 1.47 bits per heavy atom. The molecule has 0 aromatic heterocycles. The highest BCUT2D eigenvalue weighted by molar-refractivity contribution is 6.24. The van der Waals surface area contributed by atoms with Gasteiger partial charge in [0.15, 0.2) is 5.78 Å². The second-order valence-electron chi connectivity index (χ2n) is 8.05. The van der Waals surface area contributed by atoms with Crippen molar-refractivity contribution in [2.45, 2.75) is 26.3 Å². The van der Waals surface area contributed by atoms with Crippen LogP contribution in [-0.2, 0) is 11.2 Å². The standard InChI is InChI=1S/C27H24N2O3/c1-17-12-18(2)14-20(13-17)28-27(32)24(15-19-8-4-3-5-9-19)29-23-16-25(30)21-10-6-7-11-22(21)26(23)31/h3-14,16,24,29H,15H2,1-2H3,(H,28,32)/t24-/m1/s1. The smallest absolute Gasteiger partial charge is 0.247 e. The van der Waals surface area contributed by atoms with Crippen LogP contribution in [-0.4, -0.2) is 23.5 Å². The van der Waals surface area contributed by atoms with Crippen molar-refractivity contribution in [3.8, 4) is 0 Å². The van der Waals surface area contributed by atoms with E-state index >= 15 is 0 Å². The molecule has 0 unspecified atom stereocenters. The maximum atomic E-state index is 13.3. The van der Waals surface area contributed by atoms with Crippen LogP contribution in [0, 0.1) is 13.8 Å². The second-order valence-corrected chi connectivity index (χ2v) is 8.05. The molecule has 5 heteroatoms. The van der Waals surface area contributed by atoms with Gasteiger partial charge in [-0.25, -0.2) is 0 Å². The first-order chi connectivity index (χ1) is 15.4. The third-order valence-corrected chi connectivity index (χ3v) is 5.38. The van der Waals surface area contributed by atoms with Crippen molar-refractivity contribution in [2.24, 2.45) is 0 Å². The van der Waals surface area contributed by atoms with Crippen LogP contribution in [0.25, 0.3) is 0 Å². The van der Waals surface area contributed by atoms with Crippen molar-refractivity contribution in [1.29, 1.82) is 0 Å². The molecule has 160 valence electrons. The summed E-state index contributed by atoms with van der Waals surface area (Å²) in [6, 6.07) is 21.4. The van der Waals surface area contributed by atoms with Gasteiger partial charge in [0.25, 0.3) is 0 Å². The third-order valence-electron chi connectivity index (χ3n) is 5.38. The number of anilines is 1. The van der Waals surface area contributed by atoms with Gasteiger partial charge >= 0.3 is 0 Å². The zero-order chi connectivity index (χ0) is 22.7. The van der Waals surface area contributed by atoms with E-state index in [2.05, 4.69) is 10.6 Å². The number of nitrogens with one attached hydrogen (secondary N) is 2. The Morgan fingerprint density at radius 1 is 0.844 bits per heavy atom. The van der Waals surface area contributed by atoms with Crippen LogP contribution in [0.3, 0.4) is 0 Å². The maximum Gasteiger partial charge on any atom is 0.247 e. The van der Waals surface area contributed by atoms with E-state index < -0.39 is 6.04 Å². The van der Waals surface area contributed by atoms with Gasteiger partial charge < -0.3 is 10.6 Å². The molecule has 0 heterocycles. The van der Waals surface area contributed by atoms with Gasteiger partial charge in [-0.1, -0.05) is 60.7 Å². The number of benzene rings is 3. The highest BCUT2D eigenvalue weighted by Crippen LogP contribution is 2.21. The number of hydrogen-bond donors (Lipinski definition) is 2. The summed E-state index contributed by atoms with van der Waals surface area (Å²) in [7, 11) is 0. The topological polar surface area (TPSA) is 75.3 Å². The summed E-state index contributed by atoms with van der Waals surface area (Å²) in [5.41, 5.74) is 4.57. The lowest BCUT2D eigenvalue weighted by Gasteiger charge is -2.23. The Hall–Kier alpha value is -3.99. The fourth-order valence-corrected chi connectivity index (χ4v) is 3.95. The summed E-state index contributed by atoms with van der Waals surface area (Å²) in [5, 5.41) is 6.01. The molecule has 1 atom stereocenters. The molecule has 0 saturated heterocycles. The van der Waals surface area contributed by atoms with Crippen molar-refractivity contribution in [2.75, 3.05) is 5.32 Å². The molecule has 0 bridgehead atoms. The maximum absolute atomic E-state index is 13.3. The lowest BCUT2D eigenvalue weighted by atomic mass is 9.92. The third kappa shape index (κ3) is 4.67. The van der Waals surface area contributed by atoms with Crippen molar-refractivity contribution in [3.05, 3.63) is 112 Å². The lowest BCUT2D eigenvalue weighted by molar-refractivity contribution is -0.117. The van der Waals surface area contributed by atoms with E-state index in [1.54, 1.807) is 24.3 Å². The Labute approximate surface area is 187 Å². The van der Waals surface area contributed by atoms with Gasteiger partial charge in [0, 0.05) is 29.3 Å². The Bertz CT molecular complexity index is 1210. The van der Waals surface area contributed by atoms with E-state index in [-0.39, 0.29) is 23.2 Å². The molecule has 0 radical (unpaired) electrons. The number of carbonyl (C=O) groups is 3. The van der Waals surface area contributed by atoms with Gasteiger partial charge in [0.05, 0.1) is 5.70 Å². The van der Waals surface area contributed by atoms with Crippen LogP contribution in [0.2, 0.25) is 0 Å². The fraction of sp³-hybridized carbons (Fsp3) is 0.148. The lowest BCUT2D eigenvalue weighted by Crippen LogP contribution is -2.44. The summed E-state index contributed by atoms with van der Waals surface area (Å²) >= 11 is 0. The van der Waals surface area contributed by atoms with E-state index in [1.807, 2.05) is 62.4 Å². The molecule has 0 spiro atoms. The van der Waals surface area contributed by atoms with Gasteiger partial charge in [-0.05, 0) is 42.7 Å². The van der Waals surface area contributed by atoms with Crippen LogP contribution in [0.4, 0.5) is 5.69 Å². The number of allylic oxidation sites excluding steroid dienone is 2. The summed E-state index contributed by atoms with van der Waals surface area (Å²) in [5.74, 6) is -0.827. The normalized spacial score (nSPS) is 13.8. The van der Waals surface area contributed by atoms with Crippen LogP contribution in [0.5, 0.6) is 0 Å². The van der Waals surface area contributed by atoms with Gasteiger partial charge in [-0.15, -0.1) is 0 Å². The van der Waals surface area contributed by atoms with E-state index in [4.69, 9.17) is 0 Å². The Kier molecular flexibility index (Phi) is 5.99. The molecule has 2 N–H and O–H groups in total. The molecule has 5 nitrogen and oxygen atoms in total. The average Bonchev–Trinajstić information content (AvgIpc) is 2.77. The van der Waals surface area contributed by atoms with Crippen molar-refractivity contribution >= 4 is 23.2 Å². The van der Waals surface area contributed by atoms with E-state index in [0.717, 1.165) is 16.7 Å². The first-order valence-corrected chi connectivity index (χ1v) is 10.5. The molecular formula is C27H24N2O3. The van der Waals surface area contributed by atoms with Gasteiger partial charge in [0.2, 0.25) is 11.7 Å². The number of ketones is 2. The molecule has 4 rings (SSSR count). The average molecular weight is 425 g/mol. The first kappa shape index (κ1) is 21.2. The molecule has 3 aromatic rings. The second kappa shape index (κ2) is 9.02. The summed E-state index contributed by atoms with van der Waals surface area (Å²) in [4.78, 5) is 38.8. The van der Waals surface area contributed by atoms with Crippen LogP contribution in [0.15, 0.2) is 84.6 Å². The minimum atomic E-state index is -0.744. The molecule has 32 heavy (non-hydrogen) atoms. The van der Waals surface area contributed by atoms with E-state index in [9.17, 15) is 14.4 Å². The molecule has 1 amide bonds. The van der Waals surface area contributed by atoms with Crippen LogP contribution in [0.1, 0.15) is 37.4 Å². The molecule has 0 saturated carbocycles. The minimum Gasteiger partial charge on any atom is -0.370 e. The SMILES string of the molecule is Cc1cc(C)cc(NC(=O)[C@@H](Cc2ccccc2)NC2=CC(=O)c3ccccc3C2=O)c1. The van der Waals surface area contributed by atoms with Gasteiger partial charge in [-0.3, -0.25) is 14.4 Å². The Morgan fingerprint density at radius 3 is 2.16 bits per heavy atom. The fourth-order valence-electron chi connectivity index (χ4n) is 3.95. The molecule has 0 fully saturated rings. The zero-order valence-electron chi connectivity index (χ0n) is 18.0. The first-order valence-electron chi connectivity index (χ1n) is 10.5. The van der Waals surface area contributed by atoms with Crippen molar-refractivity contribution in [1.82, 2.24) is 5.32 Å². The zero-order valence-corrected chi connectivity index (χ0v) is 18.0. The van der Waals surface area contributed by atoms with E-state index in [1.165, 1.54) is 6.08 Å². The summed E-state index contributed by atoms with van der Waals surface area (Å²) in [6.45, 7) is 3.94. The van der Waals surface area contributed by atoms with Crippen LogP contribution < -0.4 is 10.6 Å². The quantitative estimate of drug-likeness (QED) is 0.615. The number of hydrogen-bond acceptors (Lipinski definition) is 4. The van der Waals surface area contributed by atoms with Gasteiger partial charge in [-0.2, -0.15) is 0 Å². The number of rotatable bonds is 6. The monoisotopic (exact) mass is 424 g/mol.